The van der Waals surface area contributed by atoms with Gasteiger partial charge in [0, 0.05) is 17.2 Å². The Bertz CT molecular complexity index is 393. The molecule has 0 aliphatic rings. The first-order valence-electron chi connectivity index (χ1n) is 6.12. The van der Waals surface area contributed by atoms with Gasteiger partial charge in [0.15, 0.2) is 0 Å². The van der Waals surface area contributed by atoms with E-state index in [1.165, 1.54) is 12.0 Å². The molecule has 0 radical (unpaired) electrons. The van der Waals surface area contributed by atoms with Gasteiger partial charge in [0.2, 0.25) is 5.91 Å². The van der Waals surface area contributed by atoms with Crippen molar-refractivity contribution < 1.29 is 14.3 Å². The third-order valence-electron chi connectivity index (χ3n) is 2.44. The molecule has 19 heavy (non-hydrogen) atoms. The molecule has 1 amide bonds. The van der Waals surface area contributed by atoms with Gasteiger partial charge in [0.1, 0.15) is 6.54 Å². The van der Waals surface area contributed by atoms with Gasteiger partial charge in [-0.25, -0.2) is 0 Å². The van der Waals surface area contributed by atoms with Crippen LogP contribution in [0.15, 0.2) is 17.5 Å². The van der Waals surface area contributed by atoms with E-state index in [0.29, 0.717) is 12.3 Å². The molecule has 0 unspecified atom stereocenters. The average Bonchev–Trinajstić information content (AvgIpc) is 2.91. The first-order valence-corrected chi connectivity index (χ1v) is 8.15. The van der Waals surface area contributed by atoms with E-state index in [1.807, 2.05) is 18.4 Å². The van der Waals surface area contributed by atoms with Crippen LogP contribution in [0.3, 0.4) is 0 Å². The third-order valence-corrected chi connectivity index (χ3v) is 4.47. The quantitative estimate of drug-likeness (QED) is 0.692. The van der Waals surface area contributed by atoms with E-state index < -0.39 is 0 Å². The summed E-state index contributed by atoms with van der Waals surface area (Å²) in [5.41, 5.74) is 0. The molecule has 0 aliphatic heterocycles. The van der Waals surface area contributed by atoms with E-state index in [4.69, 9.17) is 0 Å². The average molecular weight is 301 g/mol. The molecular formula is C13H19NO3S2. The summed E-state index contributed by atoms with van der Waals surface area (Å²) in [5.74, 6) is 0.857. The number of esters is 1. The summed E-state index contributed by atoms with van der Waals surface area (Å²) in [6, 6.07) is 4.06. The minimum absolute atomic E-state index is 0.00574. The molecule has 0 fully saturated rings. The van der Waals surface area contributed by atoms with Crippen molar-refractivity contribution in [2.24, 2.45) is 0 Å². The molecule has 106 valence electrons. The van der Waals surface area contributed by atoms with E-state index in [0.717, 1.165) is 12.2 Å². The van der Waals surface area contributed by atoms with Crippen molar-refractivity contribution in [1.82, 2.24) is 4.90 Å². The van der Waals surface area contributed by atoms with Gasteiger partial charge in [0.05, 0.1) is 12.9 Å². The van der Waals surface area contributed by atoms with Gasteiger partial charge in [-0.15, -0.1) is 23.1 Å². The third kappa shape index (κ3) is 6.11. The number of thioether (sulfide) groups is 1. The number of nitrogens with zero attached hydrogens (tertiary/aromatic N) is 1. The summed E-state index contributed by atoms with van der Waals surface area (Å²) < 4.78 is 4.60. The predicted octanol–water partition coefficient (Wildman–Crippen LogP) is 2.39. The number of methoxy groups -OCH3 is 1. The molecule has 1 aromatic rings. The molecule has 0 bridgehead atoms. The van der Waals surface area contributed by atoms with Crippen LogP contribution in [0.2, 0.25) is 0 Å². The van der Waals surface area contributed by atoms with Crippen molar-refractivity contribution >= 4 is 35.0 Å². The number of carbonyl (C=O) groups is 2. The van der Waals surface area contributed by atoms with Crippen LogP contribution in [0.4, 0.5) is 0 Å². The van der Waals surface area contributed by atoms with Crippen molar-refractivity contribution in [1.29, 1.82) is 0 Å². The maximum absolute atomic E-state index is 12.0. The Balaban J connectivity index is 2.36. The van der Waals surface area contributed by atoms with Crippen molar-refractivity contribution in [3.05, 3.63) is 22.4 Å². The van der Waals surface area contributed by atoms with Gasteiger partial charge in [-0.05, 0) is 17.9 Å². The number of rotatable bonds is 8. The van der Waals surface area contributed by atoms with E-state index in [1.54, 1.807) is 28.0 Å². The highest BCUT2D eigenvalue weighted by Gasteiger charge is 2.16. The smallest absolute Gasteiger partial charge is 0.325 e. The minimum atomic E-state index is -0.370. The molecule has 6 heteroatoms. The molecule has 0 saturated heterocycles. The van der Waals surface area contributed by atoms with Crippen molar-refractivity contribution in [3.8, 4) is 0 Å². The molecule has 0 spiro atoms. The highest BCUT2D eigenvalue weighted by atomic mass is 32.2. The maximum atomic E-state index is 12.0. The summed E-state index contributed by atoms with van der Waals surface area (Å²) in [7, 11) is 1.34. The van der Waals surface area contributed by atoms with Crippen LogP contribution in [0, 0.1) is 0 Å². The summed E-state index contributed by atoms with van der Waals surface area (Å²) in [4.78, 5) is 26.1. The van der Waals surface area contributed by atoms with E-state index >= 15 is 0 Å². The number of amides is 1. The lowest BCUT2D eigenvalue weighted by molar-refractivity contribution is -0.146. The Morgan fingerprint density at radius 2 is 2.26 bits per heavy atom. The fourth-order valence-electron chi connectivity index (χ4n) is 1.51. The van der Waals surface area contributed by atoms with Crippen LogP contribution in [0.5, 0.6) is 0 Å². The zero-order valence-electron chi connectivity index (χ0n) is 11.3. The summed E-state index contributed by atoms with van der Waals surface area (Å²) >= 11 is 3.26. The Kier molecular flexibility index (Phi) is 7.59. The first kappa shape index (κ1) is 16.0. The minimum Gasteiger partial charge on any atom is -0.468 e. The van der Waals surface area contributed by atoms with Gasteiger partial charge in [-0.1, -0.05) is 13.0 Å². The first-order chi connectivity index (χ1) is 9.17. The van der Waals surface area contributed by atoms with E-state index in [2.05, 4.69) is 10.8 Å². The largest absolute Gasteiger partial charge is 0.468 e. The lowest BCUT2D eigenvalue weighted by Crippen LogP contribution is -2.37. The number of thiophene rings is 1. The van der Waals surface area contributed by atoms with E-state index in [9.17, 15) is 9.59 Å². The van der Waals surface area contributed by atoms with E-state index in [-0.39, 0.29) is 18.4 Å². The summed E-state index contributed by atoms with van der Waals surface area (Å²) in [5, 5.41) is 2.03. The van der Waals surface area contributed by atoms with Gasteiger partial charge in [-0.2, -0.15) is 0 Å². The zero-order chi connectivity index (χ0) is 14.1. The zero-order valence-corrected chi connectivity index (χ0v) is 12.9. The van der Waals surface area contributed by atoms with Crippen LogP contribution >= 0.6 is 23.1 Å². The number of carbonyl (C=O) groups excluding carboxylic acids is 2. The Hall–Kier alpha value is -1.01. The van der Waals surface area contributed by atoms with Crippen LogP contribution in [0.1, 0.15) is 18.2 Å². The second-order valence-electron chi connectivity index (χ2n) is 3.96. The lowest BCUT2D eigenvalue weighted by atomic mass is 10.4. The number of hydrogen-bond acceptors (Lipinski definition) is 5. The molecule has 1 aromatic heterocycles. The highest BCUT2D eigenvalue weighted by molar-refractivity contribution is 7.99. The van der Waals surface area contributed by atoms with Crippen LogP contribution in [0.25, 0.3) is 0 Å². The molecule has 0 aliphatic carbocycles. The van der Waals surface area contributed by atoms with Gasteiger partial charge >= 0.3 is 5.97 Å². The maximum Gasteiger partial charge on any atom is 0.325 e. The van der Waals surface area contributed by atoms with Crippen LogP contribution in [-0.2, 0) is 20.1 Å². The van der Waals surface area contributed by atoms with Gasteiger partial charge < -0.3 is 9.64 Å². The molecule has 1 heterocycles. The monoisotopic (exact) mass is 301 g/mol. The second-order valence-corrected chi connectivity index (χ2v) is 5.98. The normalized spacial score (nSPS) is 10.2. The summed E-state index contributed by atoms with van der Waals surface area (Å²) in [6.45, 7) is 2.62. The highest BCUT2D eigenvalue weighted by Crippen LogP contribution is 2.17. The Morgan fingerprint density at radius 1 is 1.47 bits per heavy atom. The molecule has 0 aromatic carbocycles. The molecule has 1 rings (SSSR count). The van der Waals surface area contributed by atoms with Gasteiger partial charge in [0.25, 0.3) is 0 Å². The van der Waals surface area contributed by atoms with Crippen LogP contribution < -0.4 is 0 Å². The second kappa shape index (κ2) is 8.98. The number of ether oxygens (including phenoxy) is 1. The molecule has 0 N–H and O–H groups in total. The fraction of sp³-hybridized carbons (Fsp3) is 0.538. The lowest BCUT2D eigenvalue weighted by Gasteiger charge is -2.20. The van der Waals surface area contributed by atoms with Crippen molar-refractivity contribution in [3.63, 3.8) is 0 Å². The van der Waals surface area contributed by atoms with Crippen molar-refractivity contribution in [2.45, 2.75) is 19.1 Å². The summed E-state index contributed by atoms with van der Waals surface area (Å²) in [6.07, 6.45) is 0.832. The molecule has 4 nitrogen and oxygen atoms in total. The molecule has 0 saturated carbocycles. The standard InChI is InChI=1S/C13H19NO3S2/c1-3-6-14(8-13(16)17-2)12(15)10-18-9-11-5-4-7-19-11/h4-5,7H,3,6,8-10H2,1-2H3. The topological polar surface area (TPSA) is 46.6 Å². The Labute approximate surface area is 122 Å². The predicted molar refractivity (Wildman–Crippen MR) is 79.4 cm³/mol. The number of hydrogen-bond donors (Lipinski definition) is 0. The fourth-order valence-corrected chi connectivity index (χ4v) is 3.28. The Morgan fingerprint density at radius 3 is 2.84 bits per heavy atom. The van der Waals surface area contributed by atoms with Crippen LogP contribution in [-0.4, -0.2) is 42.7 Å². The van der Waals surface area contributed by atoms with Crippen molar-refractivity contribution in [2.75, 3.05) is 26.0 Å². The SMILES string of the molecule is CCCN(CC(=O)OC)C(=O)CSCc1cccs1. The molecule has 0 atom stereocenters. The van der Waals surface area contributed by atoms with Gasteiger partial charge in [-0.3, -0.25) is 9.59 Å². The molecular weight excluding hydrogens is 282 g/mol.